The minimum absolute atomic E-state index is 0.335. The highest BCUT2D eigenvalue weighted by atomic mass is 32.1. The van der Waals surface area contributed by atoms with Gasteiger partial charge >= 0.3 is 5.97 Å². The molecule has 0 saturated heterocycles. The molecule has 2 aromatic rings. The fourth-order valence-electron chi connectivity index (χ4n) is 1.66. The fraction of sp³-hybridized carbons (Fsp3) is 0.417. The summed E-state index contributed by atoms with van der Waals surface area (Å²) in [5.74, 6) is -0.361. The maximum atomic E-state index is 12.0. The van der Waals surface area contributed by atoms with Gasteiger partial charge in [-0.1, -0.05) is 0 Å². The third-order valence-electron chi connectivity index (χ3n) is 2.49. The van der Waals surface area contributed by atoms with Crippen molar-refractivity contribution in [2.24, 2.45) is 0 Å². The van der Waals surface area contributed by atoms with Gasteiger partial charge in [0, 0.05) is 18.1 Å². The molecule has 0 aliphatic carbocycles. The first-order valence-corrected chi connectivity index (χ1v) is 6.64. The Bertz CT molecular complexity index is 534. The average molecular weight is 265 g/mol. The number of aromatic nitrogens is 3. The summed E-state index contributed by atoms with van der Waals surface area (Å²) in [7, 11) is 0. The van der Waals surface area contributed by atoms with E-state index >= 15 is 0 Å². The Morgan fingerprint density at radius 2 is 2.39 bits per heavy atom. The number of rotatable bonds is 4. The standard InChI is InChI=1S/C12H15N3O2S/c1-4-15-10(7-8(2)14-15)12(16)17-9(3)11-13-5-6-18-11/h5-7,9H,4H2,1-3H3/t9-/m1/s1. The van der Waals surface area contributed by atoms with E-state index in [-0.39, 0.29) is 12.1 Å². The number of carbonyl (C=O) groups excluding carboxylic acids is 1. The summed E-state index contributed by atoms with van der Waals surface area (Å²) in [6.45, 7) is 6.25. The molecule has 0 aliphatic heterocycles. The Morgan fingerprint density at radius 3 is 3.00 bits per heavy atom. The number of ether oxygens (including phenoxy) is 1. The van der Waals surface area contributed by atoms with Crippen LogP contribution >= 0.6 is 11.3 Å². The van der Waals surface area contributed by atoms with Crippen LogP contribution in [0.5, 0.6) is 0 Å². The lowest BCUT2D eigenvalue weighted by atomic mass is 10.3. The van der Waals surface area contributed by atoms with E-state index in [1.165, 1.54) is 11.3 Å². The van der Waals surface area contributed by atoms with Crippen LogP contribution in [0.4, 0.5) is 0 Å². The predicted octanol–water partition coefficient (Wildman–Crippen LogP) is 2.59. The van der Waals surface area contributed by atoms with Gasteiger partial charge in [-0.25, -0.2) is 9.78 Å². The van der Waals surface area contributed by atoms with Gasteiger partial charge < -0.3 is 4.74 Å². The highest BCUT2D eigenvalue weighted by Gasteiger charge is 2.19. The molecule has 0 unspecified atom stereocenters. The fourth-order valence-corrected chi connectivity index (χ4v) is 2.28. The minimum atomic E-state index is -0.361. The molecule has 18 heavy (non-hydrogen) atoms. The van der Waals surface area contributed by atoms with Crippen molar-refractivity contribution in [2.75, 3.05) is 0 Å². The largest absolute Gasteiger partial charge is 0.451 e. The van der Waals surface area contributed by atoms with Crippen molar-refractivity contribution in [3.63, 3.8) is 0 Å². The Labute approximate surface area is 109 Å². The lowest BCUT2D eigenvalue weighted by Gasteiger charge is -2.10. The quantitative estimate of drug-likeness (QED) is 0.797. The molecule has 2 rings (SSSR count). The molecule has 0 bridgehead atoms. The van der Waals surface area contributed by atoms with Crippen molar-refractivity contribution >= 4 is 17.3 Å². The lowest BCUT2D eigenvalue weighted by molar-refractivity contribution is 0.0323. The predicted molar refractivity (Wildman–Crippen MR) is 68.6 cm³/mol. The van der Waals surface area contributed by atoms with E-state index in [0.717, 1.165) is 10.7 Å². The molecule has 0 amide bonds. The molecule has 5 nitrogen and oxygen atoms in total. The lowest BCUT2D eigenvalue weighted by Crippen LogP contribution is -2.14. The summed E-state index contributed by atoms with van der Waals surface area (Å²) in [4.78, 5) is 16.2. The molecule has 96 valence electrons. The minimum Gasteiger partial charge on any atom is -0.451 e. The van der Waals surface area contributed by atoms with E-state index in [2.05, 4.69) is 10.1 Å². The number of carbonyl (C=O) groups is 1. The molecule has 2 heterocycles. The maximum Gasteiger partial charge on any atom is 0.357 e. The van der Waals surface area contributed by atoms with Gasteiger partial charge in [-0.3, -0.25) is 4.68 Å². The Hall–Kier alpha value is -1.69. The molecule has 0 aromatic carbocycles. The normalized spacial score (nSPS) is 12.4. The number of nitrogens with zero attached hydrogens (tertiary/aromatic N) is 3. The molecule has 2 aromatic heterocycles. The number of aryl methyl sites for hydroxylation is 2. The van der Waals surface area contributed by atoms with Crippen LogP contribution in [-0.2, 0) is 11.3 Å². The van der Waals surface area contributed by atoms with Crippen molar-refractivity contribution in [2.45, 2.75) is 33.4 Å². The van der Waals surface area contributed by atoms with E-state index in [9.17, 15) is 4.79 Å². The Morgan fingerprint density at radius 1 is 1.61 bits per heavy atom. The number of thiazole rings is 1. The van der Waals surface area contributed by atoms with Crippen LogP contribution in [0.25, 0.3) is 0 Å². The van der Waals surface area contributed by atoms with Crippen molar-refractivity contribution < 1.29 is 9.53 Å². The topological polar surface area (TPSA) is 57.0 Å². The molecule has 0 saturated carbocycles. The second kappa shape index (κ2) is 5.30. The Kier molecular flexibility index (Phi) is 3.76. The van der Waals surface area contributed by atoms with E-state index in [1.54, 1.807) is 16.9 Å². The van der Waals surface area contributed by atoms with Crippen LogP contribution in [0.2, 0.25) is 0 Å². The summed E-state index contributed by atoms with van der Waals surface area (Å²) >= 11 is 1.47. The van der Waals surface area contributed by atoms with Gasteiger partial charge in [-0.2, -0.15) is 5.10 Å². The highest BCUT2D eigenvalue weighted by molar-refractivity contribution is 7.09. The van der Waals surface area contributed by atoms with Crippen molar-refractivity contribution in [1.82, 2.24) is 14.8 Å². The summed E-state index contributed by atoms with van der Waals surface area (Å²) in [5, 5.41) is 6.88. The third-order valence-corrected chi connectivity index (χ3v) is 3.43. The zero-order chi connectivity index (χ0) is 13.1. The van der Waals surface area contributed by atoms with E-state index in [4.69, 9.17) is 4.74 Å². The zero-order valence-corrected chi connectivity index (χ0v) is 11.4. The summed E-state index contributed by atoms with van der Waals surface area (Å²) in [5.41, 5.74) is 1.30. The zero-order valence-electron chi connectivity index (χ0n) is 10.6. The van der Waals surface area contributed by atoms with Gasteiger partial charge in [0.1, 0.15) is 10.7 Å². The van der Waals surface area contributed by atoms with Crippen molar-refractivity contribution in [3.05, 3.63) is 34.0 Å². The average Bonchev–Trinajstić information content (AvgIpc) is 2.96. The van der Waals surface area contributed by atoms with Gasteiger partial charge in [0.05, 0.1) is 5.69 Å². The van der Waals surface area contributed by atoms with Gasteiger partial charge in [-0.15, -0.1) is 11.3 Å². The van der Waals surface area contributed by atoms with Crippen LogP contribution < -0.4 is 0 Å². The van der Waals surface area contributed by atoms with Gasteiger partial charge in [0.15, 0.2) is 6.10 Å². The van der Waals surface area contributed by atoms with Crippen LogP contribution in [0, 0.1) is 6.92 Å². The van der Waals surface area contributed by atoms with Gasteiger partial charge in [0.2, 0.25) is 0 Å². The number of hydrogen-bond donors (Lipinski definition) is 0. The smallest absolute Gasteiger partial charge is 0.357 e. The van der Waals surface area contributed by atoms with Gasteiger partial charge in [0.25, 0.3) is 0 Å². The second-order valence-electron chi connectivity index (χ2n) is 3.90. The summed E-state index contributed by atoms with van der Waals surface area (Å²) in [6.07, 6.45) is 1.36. The highest BCUT2D eigenvalue weighted by Crippen LogP contribution is 2.20. The molecule has 0 N–H and O–H groups in total. The molecule has 0 fully saturated rings. The van der Waals surface area contributed by atoms with Crippen LogP contribution in [0.15, 0.2) is 17.6 Å². The van der Waals surface area contributed by atoms with Crippen LogP contribution in [0.3, 0.4) is 0 Å². The maximum absolute atomic E-state index is 12.0. The second-order valence-corrected chi connectivity index (χ2v) is 4.83. The molecular weight excluding hydrogens is 250 g/mol. The Balaban J connectivity index is 2.12. The number of esters is 1. The molecule has 0 radical (unpaired) electrons. The van der Waals surface area contributed by atoms with Crippen molar-refractivity contribution in [3.8, 4) is 0 Å². The number of hydrogen-bond acceptors (Lipinski definition) is 5. The molecule has 0 aliphatic rings. The van der Waals surface area contributed by atoms with Crippen molar-refractivity contribution in [1.29, 1.82) is 0 Å². The van der Waals surface area contributed by atoms with Crippen LogP contribution in [0.1, 0.15) is 41.1 Å². The first-order valence-electron chi connectivity index (χ1n) is 5.76. The monoisotopic (exact) mass is 265 g/mol. The SMILES string of the molecule is CCn1nc(C)cc1C(=O)O[C@H](C)c1nccs1. The first kappa shape index (κ1) is 12.8. The third kappa shape index (κ3) is 2.59. The summed E-state index contributed by atoms with van der Waals surface area (Å²) < 4.78 is 7.03. The van der Waals surface area contributed by atoms with Crippen LogP contribution in [-0.4, -0.2) is 20.7 Å². The summed E-state index contributed by atoms with van der Waals surface area (Å²) in [6, 6.07) is 1.74. The molecule has 0 spiro atoms. The molecular formula is C12H15N3O2S. The van der Waals surface area contributed by atoms with E-state index < -0.39 is 0 Å². The van der Waals surface area contributed by atoms with E-state index in [1.807, 2.05) is 26.2 Å². The molecule has 1 atom stereocenters. The first-order chi connectivity index (χ1) is 8.61. The van der Waals surface area contributed by atoms with E-state index in [0.29, 0.717) is 12.2 Å². The van der Waals surface area contributed by atoms with Gasteiger partial charge in [-0.05, 0) is 26.8 Å². The molecule has 6 heteroatoms.